The van der Waals surface area contributed by atoms with Crippen LogP contribution in [0.15, 0.2) is 12.1 Å². The number of hydrogen-bond acceptors (Lipinski definition) is 4. The van der Waals surface area contributed by atoms with Gasteiger partial charge in [-0.15, -0.1) is 0 Å². The van der Waals surface area contributed by atoms with Crippen LogP contribution in [0.3, 0.4) is 0 Å². The van der Waals surface area contributed by atoms with Crippen LogP contribution in [0.5, 0.6) is 0 Å². The highest BCUT2D eigenvalue weighted by Crippen LogP contribution is 2.21. The van der Waals surface area contributed by atoms with Crippen LogP contribution in [0.2, 0.25) is 0 Å². The molecule has 0 aliphatic carbocycles. The van der Waals surface area contributed by atoms with Gasteiger partial charge in [-0.05, 0) is 12.1 Å². The first-order valence-corrected chi connectivity index (χ1v) is 4.48. The number of hydrogen-bond donors (Lipinski definition) is 3. The minimum absolute atomic E-state index is 0.0474. The van der Waals surface area contributed by atoms with Gasteiger partial charge in [0.15, 0.2) is 0 Å². The second-order valence-electron chi connectivity index (χ2n) is 3.40. The van der Waals surface area contributed by atoms with E-state index in [4.69, 9.17) is 10.8 Å². The molecule has 1 aliphatic rings. The number of nitrogens with one attached hydrogen (secondary N) is 1. The Hall–Kier alpha value is -2.70. The van der Waals surface area contributed by atoms with Crippen molar-refractivity contribution in [3.8, 4) is 0 Å². The SMILES string of the molecule is NC(=O)c1cc2c(cc1C(=O)O)C(=O)NC2=O. The first kappa shape index (κ1) is 10.8. The lowest BCUT2D eigenvalue weighted by atomic mass is 9.99. The molecule has 0 aromatic heterocycles. The van der Waals surface area contributed by atoms with Gasteiger partial charge in [0.1, 0.15) is 0 Å². The normalized spacial score (nSPS) is 13.2. The van der Waals surface area contributed by atoms with Gasteiger partial charge in [0, 0.05) is 0 Å². The average molecular weight is 234 g/mol. The van der Waals surface area contributed by atoms with Crippen molar-refractivity contribution in [1.82, 2.24) is 5.32 Å². The Balaban J connectivity index is 2.76. The Bertz CT molecular complexity index is 540. The molecule has 0 fully saturated rings. The topological polar surface area (TPSA) is 127 Å². The summed E-state index contributed by atoms with van der Waals surface area (Å²) >= 11 is 0. The summed E-state index contributed by atoms with van der Waals surface area (Å²) in [5.41, 5.74) is 4.18. The van der Waals surface area contributed by atoms with E-state index in [1.807, 2.05) is 5.32 Å². The zero-order valence-corrected chi connectivity index (χ0v) is 8.31. The van der Waals surface area contributed by atoms with Crippen LogP contribution >= 0.6 is 0 Å². The van der Waals surface area contributed by atoms with Crippen LogP contribution in [0.25, 0.3) is 0 Å². The smallest absolute Gasteiger partial charge is 0.336 e. The lowest BCUT2D eigenvalue weighted by Crippen LogP contribution is -2.19. The third kappa shape index (κ3) is 1.53. The zero-order valence-electron chi connectivity index (χ0n) is 8.31. The molecule has 7 heteroatoms. The van der Waals surface area contributed by atoms with Crippen LogP contribution < -0.4 is 11.1 Å². The summed E-state index contributed by atoms with van der Waals surface area (Å²) in [6.07, 6.45) is 0. The number of nitrogens with two attached hydrogens (primary N) is 1. The molecule has 0 unspecified atom stereocenters. The summed E-state index contributed by atoms with van der Waals surface area (Å²) in [6.45, 7) is 0. The fourth-order valence-electron chi connectivity index (χ4n) is 1.59. The first-order valence-electron chi connectivity index (χ1n) is 4.48. The first-order chi connectivity index (χ1) is 7.91. The van der Waals surface area contributed by atoms with Crippen molar-refractivity contribution < 1.29 is 24.3 Å². The summed E-state index contributed by atoms with van der Waals surface area (Å²) < 4.78 is 0. The molecular weight excluding hydrogens is 228 g/mol. The molecule has 86 valence electrons. The fourth-order valence-corrected chi connectivity index (χ4v) is 1.59. The Morgan fingerprint density at radius 1 is 1.06 bits per heavy atom. The summed E-state index contributed by atoms with van der Waals surface area (Å²) in [4.78, 5) is 44.5. The average Bonchev–Trinajstić information content (AvgIpc) is 2.52. The molecule has 3 amide bonds. The molecule has 0 atom stereocenters. The number of carboxylic acids is 1. The molecule has 1 aromatic rings. The van der Waals surface area contributed by atoms with Crippen LogP contribution in [-0.2, 0) is 0 Å². The molecular formula is C10H6N2O5. The number of carbonyl (C=O) groups excluding carboxylic acids is 3. The van der Waals surface area contributed by atoms with Gasteiger partial charge in [0.05, 0.1) is 22.3 Å². The standard InChI is InChI=1S/C10H6N2O5/c11-7(13)3-1-4-5(2-6(3)10(16)17)9(15)12-8(4)14/h1-2H,(H2,11,13)(H,16,17)(H,12,14,15). The van der Waals surface area contributed by atoms with Gasteiger partial charge in [0.25, 0.3) is 11.8 Å². The summed E-state index contributed by atoms with van der Waals surface area (Å²) in [5.74, 6) is -3.74. The van der Waals surface area contributed by atoms with Gasteiger partial charge in [-0.25, -0.2) is 4.79 Å². The molecule has 0 bridgehead atoms. The van der Waals surface area contributed by atoms with E-state index >= 15 is 0 Å². The summed E-state index contributed by atoms with van der Waals surface area (Å²) in [6, 6.07) is 1.99. The molecule has 0 spiro atoms. The van der Waals surface area contributed by atoms with Gasteiger partial charge >= 0.3 is 5.97 Å². The van der Waals surface area contributed by atoms with Crippen LogP contribution in [0.1, 0.15) is 41.4 Å². The Labute approximate surface area is 94.2 Å². The van der Waals surface area contributed by atoms with E-state index in [0.717, 1.165) is 12.1 Å². The molecule has 0 radical (unpaired) electrons. The summed E-state index contributed by atoms with van der Waals surface area (Å²) in [7, 11) is 0. The summed E-state index contributed by atoms with van der Waals surface area (Å²) in [5, 5.41) is 10.9. The molecule has 1 aliphatic heterocycles. The molecule has 0 saturated carbocycles. The fraction of sp³-hybridized carbons (Fsp3) is 0. The van der Waals surface area contributed by atoms with E-state index in [-0.39, 0.29) is 16.7 Å². The van der Waals surface area contributed by atoms with Crippen molar-refractivity contribution in [2.24, 2.45) is 5.73 Å². The maximum Gasteiger partial charge on any atom is 0.336 e. The lowest BCUT2D eigenvalue weighted by Gasteiger charge is -2.04. The highest BCUT2D eigenvalue weighted by Gasteiger charge is 2.30. The predicted molar refractivity (Wildman–Crippen MR) is 53.7 cm³/mol. The highest BCUT2D eigenvalue weighted by molar-refractivity contribution is 6.23. The third-order valence-corrected chi connectivity index (χ3v) is 2.37. The number of benzene rings is 1. The minimum Gasteiger partial charge on any atom is -0.478 e. The number of carboxylic acid groups (broad SMARTS) is 1. The maximum atomic E-state index is 11.3. The maximum absolute atomic E-state index is 11.3. The molecule has 2 rings (SSSR count). The minimum atomic E-state index is -1.39. The van der Waals surface area contributed by atoms with Crippen molar-refractivity contribution in [1.29, 1.82) is 0 Å². The third-order valence-electron chi connectivity index (χ3n) is 2.37. The molecule has 0 saturated heterocycles. The Kier molecular flexibility index (Phi) is 2.17. The molecule has 7 nitrogen and oxygen atoms in total. The Morgan fingerprint density at radius 2 is 1.53 bits per heavy atom. The van der Waals surface area contributed by atoms with Gasteiger partial charge in [-0.3, -0.25) is 19.7 Å². The van der Waals surface area contributed by atoms with Gasteiger partial charge in [-0.1, -0.05) is 0 Å². The van der Waals surface area contributed by atoms with Gasteiger partial charge in [-0.2, -0.15) is 0 Å². The van der Waals surface area contributed by atoms with Crippen molar-refractivity contribution >= 4 is 23.7 Å². The lowest BCUT2D eigenvalue weighted by molar-refractivity contribution is 0.0691. The number of fused-ring (bicyclic) bond motifs is 1. The van der Waals surface area contributed by atoms with Crippen LogP contribution in [0.4, 0.5) is 0 Å². The zero-order chi connectivity index (χ0) is 12.7. The van der Waals surface area contributed by atoms with Crippen LogP contribution in [-0.4, -0.2) is 28.8 Å². The predicted octanol–water partition coefficient (Wildman–Crippen LogP) is -0.633. The van der Waals surface area contributed by atoms with Crippen molar-refractivity contribution in [2.75, 3.05) is 0 Å². The monoisotopic (exact) mass is 234 g/mol. The van der Waals surface area contributed by atoms with E-state index in [9.17, 15) is 19.2 Å². The van der Waals surface area contributed by atoms with Crippen molar-refractivity contribution in [3.05, 3.63) is 34.4 Å². The van der Waals surface area contributed by atoms with Crippen molar-refractivity contribution in [2.45, 2.75) is 0 Å². The number of aromatic carboxylic acids is 1. The van der Waals surface area contributed by atoms with Gasteiger partial charge < -0.3 is 10.8 Å². The highest BCUT2D eigenvalue weighted by atomic mass is 16.4. The number of imide groups is 1. The quantitative estimate of drug-likeness (QED) is 0.587. The van der Waals surface area contributed by atoms with E-state index in [1.165, 1.54) is 0 Å². The molecule has 4 N–H and O–H groups in total. The van der Waals surface area contributed by atoms with Crippen LogP contribution in [0, 0.1) is 0 Å². The number of primary amides is 1. The Morgan fingerprint density at radius 3 is 1.94 bits per heavy atom. The number of carbonyl (C=O) groups is 4. The van der Waals surface area contributed by atoms with E-state index in [1.54, 1.807) is 0 Å². The largest absolute Gasteiger partial charge is 0.478 e. The second kappa shape index (κ2) is 3.41. The molecule has 1 aromatic carbocycles. The molecule has 1 heterocycles. The van der Waals surface area contributed by atoms with Crippen molar-refractivity contribution in [3.63, 3.8) is 0 Å². The van der Waals surface area contributed by atoms with E-state index in [2.05, 4.69) is 0 Å². The molecule has 17 heavy (non-hydrogen) atoms. The number of rotatable bonds is 2. The number of amides is 3. The van der Waals surface area contributed by atoms with E-state index in [0.29, 0.717) is 0 Å². The van der Waals surface area contributed by atoms with Gasteiger partial charge in [0.2, 0.25) is 5.91 Å². The second-order valence-corrected chi connectivity index (χ2v) is 3.40. The van der Waals surface area contributed by atoms with E-state index < -0.39 is 29.3 Å².